The fourth-order valence-electron chi connectivity index (χ4n) is 4.37. The van der Waals surface area contributed by atoms with Crippen LogP contribution in [0.15, 0.2) is 48.7 Å². The van der Waals surface area contributed by atoms with Gasteiger partial charge in [-0.25, -0.2) is 18.4 Å². The van der Waals surface area contributed by atoms with Gasteiger partial charge in [-0.05, 0) is 49.2 Å². The van der Waals surface area contributed by atoms with Gasteiger partial charge in [0.25, 0.3) is 11.8 Å². The highest BCUT2D eigenvalue weighted by atomic mass is 19.4. The Morgan fingerprint density at radius 3 is 2.44 bits per heavy atom. The zero-order valence-corrected chi connectivity index (χ0v) is 20.2. The minimum Gasteiger partial charge on any atom is -0.365 e. The first-order chi connectivity index (χ1) is 18.4. The maximum absolute atomic E-state index is 15.1. The van der Waals surface area contributed by atoms with Crippen LogP contribution in [-0.2, 0) is 19.1 Å². The molecule has 0 unspecified atom stereocenters. The van der Waals surface area contributed by atoms with Crippen molar-refractivity contribution in [3.05, 3.63) is 88.1 Å². The number of anilines is 3. The van der Waals surface area contributed by atoms with Crippen LogP contribution in [0, 0.1) is 18.6 Å². The summed E-state index contributed by atoms with van der Waals surface area (Å²) in [6.07, 6.45) is -3.35. The molecule has 200 valence electrons. The van der Waals surface area contributed by atoms with Crippen LogP contribution in [0.25, 0.3) is 11.3 Å². The number of nitrogens with two attached hydrogens (primary N) is 1. The molecule has 0 radical (unpaired) electrons. The molecule has 0 aliphatic carbocycles. The molecule has 0 fully saturated rings. The van der Waals surface area contributed by atoms with Gasteiger partial charge in [0.05, 0.1) is 5.56 Å². The number of nitrogens with zero attached hydrogens (tertiary/aromatic N) is 3. The lowest BCUT2D eigenvalue weighted by molar-refractivity contribution is -0.137. The molecule has 8 nitrogen and oxygen atoms in total. The Kier molecular flexibility index (Phi) is 6.29. The third kappa shape index (κ3) is 4.90. The normalized spacial score (nSPS) is 12.7. The van der Waals surface area contributed by atoms with Crippen molar-refractivity contribution in [1.82, 2.24) is 14.8 Å². The fraction of sp³-hybridized carbons (Fsp3) is 0.154. The molecule has 13 heteroatoms. The van der Waals surface area contributed by atoms with E-state index in [-0.39, 0.29) is 22.6 Å². The van der Waals surface area contributed by atoms with Crippen molar-refractivity contribution in [2.45, 2.75) is 26.1 Å². The number of benzene rings is 2. The van der Waals surface area contributed by atoms with E-state index in [0.29, 0.717) is 25.1 Å². The smallest absolute Gasteiger partial charge is 0.365 e. The van der Waals surface area contributed by atoms with Crippen LogP contribution in [0.2, 0.25) is 0 Å². The third-order valence-electron chi connectivity index (χ3n) is 6.18. The number of fused-ring (bicyclic) bond motifs is 2. The topological polar surface area (TPSA) is 115 Å². The number of alkyl halides is 3. The minimum absolute atomic E-state index is 0.104. The number of carbonyl (C=O) groups excluding carboxylic acids is 2. The lowest BCUT2D eigenvalue weighted by Gasteiger charge is -2.11. The molecule has 0 spiro atoms. The van der Waals surface area contributed by atoms with E-state index < -0.39 is 46.6 Å². The van der Waals surface area contributed by atoms with Gasteiger partial charge in [0.1, 0.15) is 40.1 Å². The first-order valence-electron chi connectivity index (χ1n) is 11.5. The average molecular weight is 542 g/mol. The number of hydrogen-bond donors (Lipinski definition) is 3. The van der Waals surface area contributed by atoms with E-state index >= 15 is 8.78 Å². The SMILES string of the molecule is Cc1ccc2c(c1)CCn1nc(-c3cc(F)c(C(=O)Nc4cc(C(F)(F)F)ccn4)c(F)c3)c(C(N)=O)c1N2. The molecule has 4 aromatic rings. The molecule has 2 aromatic carbocycles. The second kappa shape index (κ2) is 9.49. The summed E-state index contributed by atoms with van der Waals surface area (Å²) in [6.45, 7) is 2.29. The largest absolute Gasteiger partial charge is 0.416 e. The summed E-state index contributed by atoms with van der Waals surface area (Å²) < 4.78 is 70.4. The number of rotatable bonds is 4. The molecule has 0 saturated heterocycles. The summed E-state index contributed by atoms with van der Waals surface area (Å²) in [5, 5.41) is 9.47. The Morgan fingerprint density at radius 2 is 1.77 bits per heavy atom. The summed E-state index contributed by atoms with van der Waals surface area (Å²) in [7, 11) is 0. The molecule has 2 aromatic heterocycles. The van der Waals surface area contributed by atoms with Crippen LogP contribution in [0.1, 0.15) is 37.4 Å². The van der Waals surface area contributed by atoms with Crippen LogP contribution in [0.3, 0.4) is 0 Å². The third-order valence-corrected chi connectivity index (χ3v) is 6.18. The number of carbonyl (C=O) groups is 2. The van der Waals surface area contributed by atoms with Crippen molar-refractivity contribution in [3.63, 3.8) is 0 Å². The molecule has 0 bridgehead atoms. The Morgan fingerprint density at radius 1 is 1.05 bits per heavy atom. The minimum atomic E-state index is -4.71. The van der Waals surface area contributed by atoms with Crippen LogP contribution >= 0.6 is 0 Å². The Balaban J connectivity index is 1.50. The molecule has 0 saturated carbocycles. The lowest BCUT2D eigenvalue weighted by atomic mass is 10.0. The summed E-state index contributed by atoms with van der Waals surface area (Å²) in [6, 6.07) is 8.51. The van der Waals surface area contributed by atoms with E-state index in [2.05, 4.69) is 15.4 Å². The summed E-state index contributed by atoms with van der Waals surface area (Å²) in [5.74, 6) is -5.21. The van der Waals surface area contributed by atoms with E-state index in [1.807, 2.05) is 30.4 Å². The first-order valence-corrected chi connectivity index (χ1v) is 11.5. The highest BCUT2D eigenvalue weighted by Gasteiger charge is 2.32. The second-order valence-electron chi connectivity index (χ2n) is 8.89. The fourth-order valence-corrected chi connectivity index (χ4v) is 4.37. The summed E-state index contributed by atoms with van der Waals surface area (Å²) in [5.41, 5.74) is 5.85. The molecular formula is C26H19F5N6O2. The van der Waals surface area contributed by atoms with Gasteiger partial charge >= 0.3 is 6.18 Å². The molecule has 2 amide bonds. The Bertz CT molecular complexity index is 1620. The standard InChI is InChI=1S/C26H19F5N6O2/c1-12-2-3-18-13(8-12)5-7-37-24(34-18)21(23(32)38)22(36-37)14-9-16(27)20(17(28)10-14)25(39)35-19-11-15(4-6-33-19)26(29,30)31/h2-4,6,8-11,34H,5,7H2,1H3,(H2,32,38)(H,33,35,39). The Labute approximate surface area is 217 Å². The number of hydrogen-bond acceptors (Lipinski definition) is 5. The zero-order chi connectivity index (χ0) is 28.1. The van der Waals surface area contributed by atoms with Crippen LogP contribution < -0.4 is 16.4 Å². The van der Waals surface area contributed by atoms with E-state index in [1.165, 1.54) is 4.68 Å². The quantitative estimate of drug-likeness (QED) is 0.307. The molecule has 4 N–H and O–H groups in total. The summed E-state index contributed by atoms with van der Waals surface area (Å²) >= 11 is 0. The van der Waals surface area contributed by atoms with Gasteiger partial charge in [0, 0.05) is 24.0 Å². The number of nitrogens with one attached hydrogen (secondary N) is 2. The molecular weight excluding hydrogens is 523 g/mol. The molecule has 3 heterocycles. The predicted octanol–water partition coefficient (Wildman–Crippen LogP) is 5.20. The summed E-state index contributed by atoms with van der Waals surface area (Å²) in [4.78, 5) is 28.6. The maximum atomic E-state index is 15.1. The van der Waals surface area contributed by atoms with Gasteiger partial charge in [-0.1, -0.05) is 17.7 Å². The van der Waals surface area contributed by atoms with Gasteiger partial charge in [0.15, 0.2) is 0 Å². The van der Waals surface area contributed by atoms with Crippen LogP contribution in [0.4, 0.5) is 39.3 Å². The molecule has 1 aliphatic heterocycles. The highest BCUT2D eigenvalue weighted by Crippen LogP contribution is 2.36. The molecule has 0 atom stereocenters. The van der Waals surface area contributed by atoms with Crippen molar-refractivity contribution < 1.29 is 31.5 Å². The number of halogens is 5. The first kappa shape index (κ1) is 25.8. The monoisotopic (exact) mass is 542 g/mol. The number of primary amides is 1. The van der Waals surface area contributed by atoms with Crippen molar-refractivity contribution >= 4 is 29.1 Å². The van der Waals surface area contributed by atoms with Gasteiger partial charge in [-0.2, -0.15) is 18.3 Å². The van der Waals surface area contributed by atoms with Crippen molar-refractivity contribution in [2.24, 2.45) is 5.73 Å². The van der Waals surface area contributed by atoms with E-state index in [0.717, 1.165) is 35.1 Å². The zero-order valence-electron chi connectivity index (χ0n) is 20.2. The van der Waals surface area contributed by atoms with Gasteiger partial charge in [0.2, 0.25) is 0 Å². The second-order valence-corrected chi connectivity index (χ2v) is 8.89. The van der Waals surface area contributed by atoms with Crippen molar-refractivity contribution in [3.8, 4) is 11.3 Å². The van der Waals surface area contributed by atoms with Gasteiger partial charge < -0.3 is 16.4 Å². The van der Waals surface area contributed by atoms with Crippen LogP contribution in [-0.4, -0.2) is 26.6 Å². The highest BCUT2D eigenvalue weighted by molar-refractivity contribution is 6.06. The van der Waals surface area contributed by atoms with E-state index in [1.54, 1.807) is 0 Å². The van der Waals surface area contributed by atoms with Crippen molar-refractivity contribution in [1.29, 1.82) is 0 Å². The van der Waals surface area contributed by atoms with E-state index in [9.17, 15) is 22.8 Å². The number of pyridine rings is 1. The van der Waals surface area contributed by atoms with Gasteiger partial charge in [-0.15, -0.1) is 0 Å². The maximum Gasteiger partial charge on any atom is 0.416 e. The lowest BCUT2D eigenvalue weighted by Crippen LogP contribution is -2.18. The number of aryl methyl sites for hydroxylation is 3. The average Bonchev–Trinajstić information content (AvgIpc) is 3.12. The van der Waals surface area contributed by atoms with Gasteiger partial charge in [-0.3, -0.25) is 9.59 Å². The van der Waals surface area contributed by atoms with Crippen molar-refractivity contribution in [2.75, 3.05) is 10.6 Å². The number of amides is 2. The Hall–Kier alpha value is -4.81. The molecule has 1 aliphatic rings. The number of aromatic nitrogens is 3. The molecule has 5 rings (SSSR count). The van der Waals surface area contributed by atoms with E-state index in [4.69, 9.17) is 5.73 Å². The molecule has 39 heavy (non-hydrogen) atoms. The predicted molar refractivity (Wildman–Crippen MR) is 131 cm³/mol. The van der Waals surface area contributed by atoms with Crippen LogP contribution in [0.5, 0.6) is 0 Å².